The molecule has 1 atom stereocenters. The summed E-state index contributed by atoms with van der Waals surface area (Å²) < 4.78 is 0. The van der Waals surface area contributed by atoms with Crippen LogP contribution < -0.4 is 0 Å². The minimum Gasteiger partial charge on any atom is -0.481 e. The summed E-state index contributed by atoms with van der Waals surface area (Å²) >= 11 is 7.70. The van der Waals surface area contributed by atoms with Crippen LogP contribution in [0.1, 0.15) is 50.8 Å². The molecule has 7 heteroatoms. The van der Waals surface area contributed by atoms with E-state index in [0.29, 0.717) is 29.2 Å². The molecular formula is C30H26ClNO4S. The Hall–Kier alpha value is -3.61. The first-order chi connectivity index (χ1) is 17.9. The molecule has 4 aromatic rings. The number of aromatic carboxylic acids is 1. The normalized spacial score (nSPS) is 12.1. The van der Waals surface area contributed by atoms with Gasteiger partial charge in [-0.2, -0.15) is 11.8 Å². The lowest BCUT2D eigenvalue weighted by Crippen LogP contribution is -2.05. The average molecular weight is 532 g/mol. The molecule has 0 aliphatic rings. The predicted molar refractivity (Wildman–Crippen MR) is 151 cm³/mol. The molecule has 5 nitrogen and oxygen atoms in total. The number of pyridine rings is 1. The summed E-state index contributed by atoms with van der Waals surface area (Å²) in [5, 5.41) is 20.3. The summed E-state index contributed by atoms with van der Waals surface area (Å²) in [6, 6.07) is 24.7. The van der Waals surface area contributed by atoms with E-state index in [2.05, 4.69) is 11.1 Å². The van der Waals surface area contributed by atoms with Crippen LogP contribution in [-0.2, 0) is 11.2 Å². The van der Waals surface area contributed by atoms with Gasteiger partial charge in [0.1, 0.15) is 0 Å². The van der Waals surface area contributed by atoms with Crippen LogP contribution in [-0.4, -0.2) is 32.9 Å². The minimum absolute atomic E-state index is 0.0236. The molecule has 3 aromatic carbocycles. The number of carbonyl (C=O) groups is 2. The number of aliphatic carboxylic acids is 1. The molecule has 1 aromatic heterocycles. The molecule has 0 spiro atoms. The van der Waals surface area contributed by atoms with Crippen molar-refractivity contribution in [1.29, 1.82) is 0 Å². The zero-order valence-corrected chi connectivity index (χ0v) is 21.6. The Kier molecular flexibility index (Phi) is 8.99. The monoisotopic (exact) mass is 531 g/mol. The number of halogens is 1. The number of hydrogen-bond donors (Lipinski definition) is 2. The molecule has 1 unspecified atom stereocenters. The third-order valence-corrected chi connectivity index (χ3v) is 7.55. The standard InChI is InChI=1S/C30H26ClNO4S/c31-24-12-9-22-10-14-25(32-27(22)19-24)13-8-20-4-3-6-23(18-20)28(37-17-16-29(33)34)15-11-21-5-1-2-7-26(21)30(35)36/h1-10,12-14,18-19,28H,11,15-17H2,(H,33,34)(H,35,36)/b13-8+. The molecule has 0 radical (unpaired) electrons. The second-order valence-corrected chi connectivity index (χ2v) is 10.3. The van der Waals surface area contributed by atoms with E-state index in [4.69, 9.17) is 16.7 Å². The number of aryl methyl sites for hydroxylation is 1. The summed E-state index contributed by atoms with van der Waals surface area (Å²) in [6.45, 7) is 0. The van der Waals surface area contributed by atoms with Gasteiger partial charge in [-0.1, -0.05) is 72.3 Å². The number of benzene rings is 3. The summed E-state index contributed by atoms with van der Waals surface area (Å²) in [6.07, 6.45) is 5.30. The van der Waals surface area contributed by atoms with Crippen LogP contribution in [0.3, 0.4) is 0 Å². The van der Waals surface area contributed by atoms with Crippen molar-refractivity contribution in [2.45, 2.75) is 24.5 Å². The van der Waals surface area contributed by atoms with Gasteiger partial charge in [0.2, 0.25) is 0 Å². The maximum atomic E-state index is 11.6. The molecule has 0 aliphatic heterocycles. The van der Waals surface area contributed by atoms with Gasteiger partial charge in [0.05, 0.1) is 23.2 Å². The number of fused-ring (bicyclic) bond motifs is 1. The van der Waals surface area contributed by atoms with Crippen molar-refractivity contribution in [3.05, 3.63) is 112 Å². The zero-order valence-electron chi connectivity index (χ0n) is 20.0. The third-order valence-electron chi connectivity index (χ3n) is 5.96. The van der Waals surface area contributed by atoms with Crippen LogP contribution in [0.25, 0.3) is 23.1 Å². The highest BCUT2D eigenvalue weighted by atomic mass is 35.5. The summed E-state index contributed by atoms with van der Waals surface area (Å²) in [5.74, 6) is -1.30. The van der Waals surface area contributed by atoms with Crippen LogP contribution in [0.15, 0.2) is 78.9 Å². The second kappa shape index (κ2) is 12.6. The lowest BCUT2D eigenvalue weighted by Gasteiger charge is -2.18. The second-order valence-electron chi connectivity index (χ2n) is 8.58. The van der Waals surface area contributed by atoms with Crippen LogP contribution in [0.5, 0.6) is 0 Å². The fraction of sp³-hybridized carbons (Fsp3) is 0.167. The Labute approximate surface area is 224 Å². The van der Waals surface area contributed by atoms with Crippen molar-refractivity contribution < 1.29 is 19.8 Å². The molecule has 0 fully saturated rings. The van der Waals surface area contributed by atoms with Crippen molar-refractivity contribution >= 4 is 58.4 Å². The number of carboxylic acid groups (broad SMARTS) is 2. The number of nitrogens with zero attached hydrogens (tertiary/aromatic N) is 1. The Bertz CT molecular complexity index is 1450. The van der Waals surface area contributed by atoms with Gasteiger partial charge in [-0.15, -0.1) is 0 Å². The topological polar surface area (TPSA) is 87.5 Å². The fourth-order valence-electron chi connectivity index (χ4n) is 4.11. The van der Waals surface area contributed by atoms with Gasteiger partial charge in [0, 0.05) is 21.4 Å². The molecule has 0 amide bonds. The van der Waals surface area contributed by atoms with E-state index in [-0.39, 0.29) is 11.7 Å². The molecule has 2 N–H and O–H groups in total. The van der Waals surface area contributed by atoms with E-state index >= 15 is 0 Å². The quantitative estimate of drug-likeness (QED) is 0.207. The SMILES string of the molecule is O=C(O)CCSC(CCc1ccccc1C(=O)O)c1cccc(/C=C/c2ccc3ccc(Cl)cc3n2)c1. The Balaban J connectivity index is 1.54. The number of thioether (sulfide) groups is 1. The molecule has 1 heterocycles. The summed E-state index contributed by atoms with van der Waals surface area (Å²) in [7, 11) is 0. The van der Waals surface area contributed by atoms with Gasteiger partial charge >= 0.3 is 11.9 Å². The summed E-state index contributed by atoms with van der Waals surface area (Å²) in [4.78, 5) is 27.4. The third kappa shape index (κ3) is 7.44. The average Bonchev–Trinajstić information content (AvgIpc) is 2.89. The summed E-state index contributed by atoms with van der Waals surface area (Å²) in [5.41, 5.74) is 4.80. The number of hydrogen-bond acceptors (Lipinski definition) is 4. The van der Waals surface area contributed by atoms with Gasteiger partial charge in [0.15, 0.2) is 0 Å². The number of carboxylic acids is 2. The Morgan fingerprint density at radius 2 is 1.76 bits per heavy atom. The lowest BCUT2D eigenvalue weighted by atomic mass is 9.98. The molecule has 0 bridgehead atoms. The zero-order chi connectivity index (χ0) is 26.2. The lowest BCUT2D eigenvalue weighted by molar-refractivity contribution is -0.136. The smallest absolute Gasteiger partial charge is 0.335 e. The van der Waals surface area contributed by atoms with E-state index in [1.165, 1.54) is 0 Å². The van der Waals surface area contributed by atoms with Crippen LogP contribution in [0, 0.1) is 0 Å². The van der Waals surface area contributed by atoms with E-state index < -0.39 is 11.9 Å². The molecular weight excluding hydrogens is 506 g/mol. The van der Waals surface area contributed by atoms with E-state index in [1.807, 2.05) is 72.8 Å². The molecule has 37 heavy (non-hydrogen) atoms. The minimum atomic E-state index is -0.942. The molecule has 188 valence electrons. The predicted octanol–water partition coefficient (Wildman–Crippen LogP) is 7.64. The fourth-order valence-corrected chi connectivity index (χ4v) is 5.48. The van der Waals surface area contributed by atoms with Crippen LogP contribution in [0.4, 0.5) is 0 Å². The van der Waals surface area contributed by atoms with Gasteiger partial charge in [-0.3, -0.25) is 4.79 Å². The number of aromatic nitrogens is 1. The van der Waals surface area contributed by atoms with Crippen molar-refractivity contribution in [3.63, 3.8) is 0 Å². The van der Waals surface area contributed by atoms with Crippen molar-refractivity contribution in [3.8, 4) is 0 Å². The maximum Gasteiger partial charge on any atom is 0.335 e. The van der Waals surface area contributed by atoms with Gasteiger partial charge in [-0.25, -0.2) is 9.78 Å². The van der Waals surface area contributed by atoms with Crippen molar-refractivity contribution in [2.24, 2.45) is 0 Å². The van der Waals surface area contributed by atoms with E-state index in [0.717, 1.165) is 33.3 Å². The molecule has 4 rings (SSSR count). The molecule has 0 aliphatic carbocycles. The highest BCUT2D eigenvalue weighted by molar-refractivity contribution is 7.99. The van der Waals surface area contributed by atoms with Gasteiger partial charge in [-0.05, 0) is 59.9 Å². The van der Waals surface area contributed by atoms with Gasteiger partial charge in [0.25, 0.3) is 0 Å². The van der Waals surface area contributed by atoms with E-state index in [9.17, 15) is 14.7 Å². The number of rotatable bonds is 11. The first-order valence-electron chi connectivity index (χ1n) is 11.9. The molecule has 0 saturated heterocycles. The van der Waals surface area contributed by atoms with E-state index in [1.54, 1.807) is 23.9 Å². The Morgan fingerprint density at radius 1 is 0.946 bits per heavy atom. The maximum absolute atomic E-state index is 11.6. The van der Waals surface area contributed by atoms with Crippen LogP contribution >= 0.6 is 23.4 Å². The highest BCUT2D eigenvalue weighted by Gasteiger charge is 2.16. The Morgan fingerprint density at radius 3 is 2.57 bits per heavy atom. The largest absolute Gasteiger partial charge is 0.481 e. The first-order valence-corrected chi connectivity index (χ1v) is 13.3. The van der Waals surface area contributed by atoms with Crippen molar-refractivity contribution in [1.82, 2.24) is 4.98 Å². The first kappa shape index (κ1) is 26.5. The van der Waals surface area contributed by atoms with Gasteiger partial charge < -0.3 is 10.2 Å². The highest BCUT2D eigenvalue weighted by Crippen LogP contribution is 2.35. The van der Waals surface area contributed by atoms with Crippen LogP contribution in [0.2, 0.25) is 5.02 Å². The molecule has 0 saturated carbocycles. The van der Waals surface area contributed by atoms with Crippen molar-refractivity contribution in [2.75, 3.05) is 5.75 Å².